The molecule has 2 aromatic carbocycles. The molecule has 4 nitrogen and oxygen atoms in total. The lowest BCUT2D eigenvalue weighted by Gasteiger charge is -2.11. The monoisotopic (exact) mass is 362 g/mol. The van der Waals surface area contributed by atoms with Crippen molar-refractivity contribution in [3.8, 4) is 18.1 Å². The van der Waals surface area contributed by atoms with Crippen LogP contribution in [0.5, 0.6) is 5.75 Å². The minimum absolute atomic E-state index is 0.0382. The molecule has 3 aromatic rings. The first-order valence-corrected chi connectivity index (χ1v) is 8.11. The number of ether oxygens (including phenoxy) is 1. The molecule has 0 aliphatic rings. The molecule has 0 N–H and O–H groups in total. The van der Waals surface area contributed by atoms with Gasteiger partial charge >= 0.3 is 5.63 Å². The minimum Gasteiger partial charge on any atom is -0.480 e. The number of allylic oxidation sites excluding steroid dienone is 1. The summed E-state index contributed by atoms with van der Waals surface area (Å²) in [5.41, 5.74) is 1.02. The number of benzene rings is 2. The zero-order chi connectivity index (χ0) is 19.4. The summed E-state index contributed by atoms with van der Waals surface area (Å²) < 4.78 is 23.8. The molecule has 3 rings (SSSR count). The molecule has 0 aliphatic heterocycles. The summed E-state index contributed by atoms with van der Waals surface area (Å²) in [5.74, 6) is 1.77. The van der Waals surface area contributed by atoms with E-state index in [0.717, 1.165) is 0 Å². The van der Waals surface area contributed by atoms with E-state index in [-0.39, 0.29) is 29.3 Å². The summed E-state index contributed by atoms with van der Waals surface area (Å²) in [4.78, 5) is 24.7. The molecule has 0 saturated carbocycles. The lowest BCUT2D eigenvalue weighted by Crippen LogP contribution is -2.06. The molecule has 5 heteroatoms. The fourth-order valence-corrected chi connectivity index (χ4v) is 2.67. The molecular formula is C22H15FO4. The second-order valence-corrected chi connectivity index (χ2v) is 5.81. The van der Waals surface area contributed by atoms with Gasteiger partial charge in [0, 0.05) is 11.5 Å². The van der Waals surface area contributed by atoms with Gasteiger partial charge in [-0.15, -0.1) is 6.42 Å². The van der Waals surface area contributed by atoms with Crippen LogP contribution in [-0.2, 0) is 0 Å². The van der Waals surface area contributed by atoms with E-state index in [1.165, 1.54) is 24.3 Å². The van der Waals surface area contributed by atoms with Gasteiger partial charge in [-0.25, -0.2) is 9.18 Å². The number of carbonyl (C=O) groups excluding carboxylic acids is 1. The Morgan fingerprint density at radius 2 is 2.00 bits per heavy atom. The number of hydrogen-bond acceptors (Lipinski definition) is 4. The normalized spacial score (nSPS) is 10.9. The molecule has 0 amide bonds. The number of rotatable bonds is 5. The Labute approximate surface area is 154 Å². The Hall–Kier alpha value is -3.65. The van der Waals surface area contributed by atoms with Crippen molar-refractivity contribution in [1.82, 2.24) is 0 Å². The Kier molecular flexibility index (Phi) is 5.18. The van der Waals surface area contributed by atoms with Crippen molar-refractivity contribution in [1.29, 1.82) is 0 Å². The average Bonchev–Trinajstić information content (AvgIpc) is 2.65. The first-order chi connectivity index (χ1) is 13.0. The van der Waals surface area contributed by atoms with Crippen molar-refractivity contribution < 1.29 is 18.3 Å². The highest BCUT2D eigenvalue weighted by Crippen LogP contribution is 2.30. The maximum atomic E-state index is 13.0. The molecule has 0 radical (unpaired) electrons. The van der Waals surface area contributed by atoms with Crippen LogP contribution in [0.2, 0.25) is 0 Å². The van der Waals surface area contributed by atoms with E-state index in [1.54, 1.807) is 37.3 Å². The van der Waals surface area contributed by atoms with Gasteiger partial charge < -0.3 is 9.15 Å². The van der Waals surface area contributed by atoms with E-state index >= 15 is 0 Å². The predicted molar refractivity (Wildman–Crippen MR) is 101 cm³/mol. The first kappa shape index (κ1) is 18.2. The van der Waals surface area contributed by atoms with E-state index < -0.39 is 11.4 Å². The number of hydrogen-bond donors (Lipinski definition) is 0. The number of carbonyl (C=O) groups is 1. The average molecular weight is 362 g/mol. The van der Waals surface area contributed by atoms with E-state index in [1.807, 2.05) is 0 Å². The summed E-state index contributed by atoms with van der Waals surface area (Å²) in [6.07, 6.45) is 8.09. The van der Waals surface area contributed by atoms with Crippen molar-refractivity contribution in [3.63, 3.8) is 0 Å². The molecule has 1 aromatic heterocycles. The SMILES string of the molecule is C#CCOc1ccc2c(C)cc(=O)oc2c1C(=O)C=Cc1ccc(F)cc1. The lowest BCUT2D eigenvalue weighted by atomic mass is 10.0. The molecule has 0 spiro atoms. The number of fused-ring (bicyclic) bond motifs is 1. The molecule has 1 heterocycles. The standard InChI is InChI=1S/C22H15FO4/c1-3-12-26-19-11-9-17-14(2)13-20(25)27-22(17)21(19)18(24)10-6-15-4-7-16(23)8-5-15/h1,4-11,13H,12H2,2H3. The molecule has 0 saturated heterocycles. The largest absolute Gasteiger partial charge is 0.480 e. The minimum atomic E-state index is -0.564. The summed E-state index contributed by atoms with van der Waals surface area (Å²) >= 11 is 0. The number of terminal acetylenes is 1. The van der Waals surface area contributed by atoms with Crippen LogP contribution in [0.3, 0.4) is 0 Å². The van der Waals surface area contributed by atoms with Crippen molar-refractivity contribution in [2.24, 2.45) is 0 Å². The molecule has 27 heavy (non-hydrogen) atoms. The van der Waals surface area contributed by atoms with Gasteiger partial charge in [0.1, 0.15) is 23.7 Å². The van der Waals surface area contributed by atoms with Crippen LogP contribution in [0.4, 0.5) is 4.39 Å². The van der Waals surface area contributed by atoms with E-state index in [2.05, 4.69) is 5.92 Å². The maximum absolute atomic E-state index is 13.0. The molecular weight excluding hydrogens is 347 g/mol. The Bertz CT molecular complexity index is 1130. The number of halogens is 1. The third kappa shape index (κ3) is 3.96. The predicted octanol–water partition coefficient (Wildman–Crippen LogP) is 4.15. The van der Waals surface area contributed by atoms with E-state index in [4.69, 9.17) is 15.6 Å². The second-order valence-electron chi connectivity index (χ2n) is 5.81. The van der Waals surface area contributed by atoms with Crippen LogP contribution < -0.4 is 10.4 Å². The smallest absolute Gasteiger partial charge is 0.336 e. The van der Waals surface area contributed by atoms with Gasteiger partial charge in [-0.1, -0.05) is 24.1 Å². The second kappa shape index (κ2) is 7.71. The van der Waals surface area contributed by atoms with E-state index in [9.17, 15) is 14.0 Å². The van der Waals surface area contributed by atoms with Crippen molar-refractivity contribution in [2.75, 3.05) is 6.61 Å². The quantitative estimate of drug-likeness (QED) is 0.296. The molecule has 0 fully saturated rings. The van der Waals surface area contributed by atoms with Crippen molar-refractivity contribution in [2.45, 2.75) is 6.92 Å². The summed E-state index contributed by atoms with van der Waals surface area (Å²) in [6.45, 7) is 1.72. The van der Waals surface area contributed by atoms with Gasteiger partial charge in [0.2, 0.25) is 0 Å². The third-order valence-corrected chi connectivity index (χ3v) is 3.94. The molecule has 134 valence electrons. The van der Waals surface area contributed by atoms with Crippen LogP contribution in [0.15, 0.2) is 57.8 Å². The Morgan fingerprint density at radius 3 is 2.70 bits per heavy atom. The molecule has 0 bridgehead atoms. The van der Waals surface area contributed by atoms with Gasteiger partial charge in [-0.05, 0) is 48.4 Å². The fraction of sp³-hybridized carbons (Fsp3) is 0.0909. The zero-order valence-electron chi connectivity index (χ0n) is 14.5. The van der Waals surface area contributed by atoms with Gasteiger partial charge in [0.15, 0.2) is 11.4 Å². The van der Waals surface area contributed by atoms with Crippen LogP contribution in [0, 0.1) is 25.1 Å². The highest BCUT2D eigenvalue weighted by atomic mass is 19.1. The van der Waals surface area contributed by atoms with Crippen molar-refractivity contribution in [3.05, 3.63) is 81.5 Å². The summed E-state index contributed by atoms with van der Waals surface area (Å²) in [5, 5.41) is 0.626. The van der Waals surface area contributed by atoms with Gasteiger partial charge in [0.05, 0.1) is 0 Å². The summed E-state index contributed by atoms with van der Waals surface area (Å²) in [7, 11) is 0. The third-order valence-electron chi connectivity index (χ3n) is 3.94. The topological polar surface area (TPSA) is 56.5 Å². The molecule has 0 aliphatic carbocycles. The van der Waals surface area contributed by atoms with Crippen LogP contribution in [-0.4, -0.2) is 12.4 Å². The number of aryl methyl sites for hydroxylation is 1. The maximum Gasteiger partial charge on any atom is 0.336 e. The zero-order valence-corrected chi connectivity index (χ0v) is 14.5. The number of ketones is 1. The summed E-state index contributed by atoms with van der Waals surface area (Å²) in [6, 6.07) is 10.4. The van der Waals surface area contributed by atoms with Gasteiger partial charge in [-0.3, -0.25) is 4.79 Å². The van der Waals surface area contributed by atoms with E-state index in [0.29, 0.717) is 16.5 Å². The fourth-order valence-electron chi connectivity index (χ4n) is 2.67. The van der Waals surface area contributed by atoms with Crippen LogP contribution in [0.1, 0.15) is 21.5 Å². The van der Waals surface area contributed by atoms with Gasteiger partial charge in [0.25, 0.3) is 0 Å². The van der Waals surface area contributed by atoms with Crippen molar-refractivity contribution >= 4 is 22.8 Å². The Balaban J connectivity index is 2.11. The van der Waals surface area contributed by atoms with Gasteiger partial charge in [-0.2, -0.15) is 0 Å². The molecule has 0 atom stereocenters. The first-order valence-electron chi connectivity index (χ1n) is 8.11. The highest BCUT2D eigenvalue weighted by Gasteiger charge is 2.18. The van der Waals surface area contributed by atoms with Crippen LogP contribution >= 0.6 is 0 Å². The highest BCUT2D eigenvalue weighted by molar-refractivity contribution is 6.15. The molecule has 0 unspecified atom stereocenters. The lowest BCUT2D eigenvalue weighted by molar-refractivity contribution is 0.104. The Morgan fingerprint density at radius 1 is 1.26 bits per heavy atom. The van der Waals surface area contributed by atoms with Crippen LogP contribution in [0.25, 0.3) is 17.0 Å².